The summed E-state index contributed by atoms with van der Waals surface area (Å²) in [5, 5.41) is 8.70. The summed E-state index contributed by atoms with van der Waals surface area (Å²) in [6.07, 6.45) is 6.41. The van der Waals surface area contributed by atoms with Crippen LogP contribution in [-0.2, 0) is 0 Å². The molecule has 0 radical (unpaired) electrons. The van der Waals surface area contributed by atoms with Crippen LogP contribution < -0.4 is 24.0 Å². The molecule has 1 N–H and O–H groups in total. The summed E-state index contributed by atoms with van der Waals surface area (Å²) in [6.45, 7) is 2.17. The minimum absolute atomic E-state index is 0. The highest BCUT2D eigenvalue weighted by Crippen LogP contribution is 2.24. The summed E-state index contributed by atoms with van der Waals surface area (Å²) >= 11 is 0. The number of hydrogen-bond donors (Lipinski definition) is 1. The van der Waals surface area contributed by atoms with Gasteiger partial charge in [0, 0.05) is 0 Å². The number of aliphatic hydroxyl groups excluding tert-OH is 1. The molecule has 1 saturated heterocycles. The molecule has 1 aliphatic heterocycles. The second-order valence-electron chi connectivity index (χ2n) is 3.12. The van der Waals surface area contributed by atoms with Crippen molar-refractivity contribution in [3.8, 4) is 12.3 Å². The van der Waals surface area contributed by atoms with E-state index in [0.29, 0.717) is 6.04 Å². The topological polar surface area (TPSA) is 20.2 Å². The van der Waals surface area contributed by atoms with E-state index < -0.39 is 0 Å². The Morgan fingerprint density at radius 2 is 2.36 bits per heavy atom. The number of likely N-dealkylation sites (N-methyl/N-ethyl adjacent to an activating group) is 1. The molecular formula is C8H14INO. The molecule has 0 bridgehead atoms. The molecule has 1 fully saturated rings. The quantitative estimate of drug-likeness (QED) is 0.318. The van der Waals surface area contributed by atoms with Crippen LogP contribution in [0.1, 0.15) is 6.42 Å². The van der Waals surface area contributed by atoms with Crippen LogP contribution in [0.15, 0.2) is 0 Å². The molecule has 0 aromatic rings. The van der Waals surface area contributed by atoms with Crippen molar-refractivity contribution in [2.24, 2.45) is 0 Å². The number of aliphatic hydroxyl groups is 1. The summed E-state index contributed by atoms with van der Waals surface area (Å²) in [7, 11) is 2.10. The van der Waals surface area contributed by atoms with Crippen molar-refractivity contribution in [3.63, 3.8) is 0 Å². The van der Waals surface area contributed by atoms with E-state index in [0.717, 1.165) is 24.0 Å². The van der Waals surface area contributed by atoms with Crippen LogP contribution in [0.3, 0.4) is 0 Å². The summed E-state index contributed by atoms with van der Waals surface area (Å²) in [5.74, 6) is 2.74. The highest BCUT2D eigenvalue weighted by molar-refractivity contribution is 4.98. The second-order valence-corrected chi connectivity index (χ2v) is 3.12. The number of quaternary nitrogens is 1. The van der Waals surface area contributed by atoms with E-state index in [1.54, 1.807) is 0 Å². The van der Waals surface area contributed by atoms with E-state index in [9.17, 15) is 0 Å². The monoisotopic (exact) mass is 267 g/mol. The largest absolute Gasteiger partial charge is 1.00 e. The van der Waals surface area contributed by atoms with E-state index in [-0.39, 0.29) is 30.6 Å². The lowest BCUT2D eigenvalue weighted by atomic mass is 10.00. The molecule has 2 nitrogen and oxygen atoms in total. The SMILES string of the molecule is C#C[C@@H]1CC[N+]1(C)CCO.[I-]. The number of rotatable bonds is 2. The van der Waals surface area contributed by atoms with Crippen molar-refractivity contribution in [2.45, 2.75) is 12.5 Å². The van der Waals surface area contributed by atoms with E-state index in [4.69, 9.17) is 11.5 Å². The average Bonchev–Trinajstić information content (AvgIpc) is 1.88. The second kappa shape index (κ2) is 4.29. The van der Waals surface area contributed by atoms with Gasteiger partial charge in [-0.3, -0.25) is 0 Å². The number of terminal acetylenes is 1. The molecule has 64 valence electrons. The maximum atomic E-state index is 8.70. The fourth-order valence-electron chi connectivity index (χ4n) is 1.46. The van der Waals surface area contributed by atoms with Crippen molar-refractivity contribution in [2.75, 3.05) is 26.7 Å². The molecule has 3 heteroatoms. The van der Waals surface area contributed by atoms with Gasteiger partial charge in [-0.15, -0.1) is 6.42 Å². The number of likely N-dealkylation sites (tertiary alicyclic amines) is 1. The zero-order chi connectivity index (χ0) is 7.61. The lowest BCUT2D eigenvalue weighted by Crippen LogP contribution is -3.00. The fourth-order valence-corrected chi connectivity index (χ4v) is 1.46. The van der Waals surface area contributed by atoms with Crippen LogP contribution in [-0.4, -0.2) is 42.4 Å². The normalized spacial score (nSPS) is 34.8. The highest BCUT2D eigenvalue weighted by Gasteiger charge is 2.40. The number of hydrogen-bond acceptors (Lipinski definition) is 1. The van der Waals surface area contributed by atoms with Gasteiger partial charge < -0.3 is 33.6 Å². The molecule has 0 aliphatic carbocycles. The van der Waals surface area contributed by atoms with Gasteiger partial charge in [-0.2, -0.15) is 0 Å². The third-order valence-electron chi connectivity index (χ3n) is 2.47. The smallest absolute Gasteiger partial charge is 0.156 e. The maximum absolute atomic E-state index is 8.70. The first-order chi connectivity index (χ1) is 4.73. The molecule has 1 rings (SSSR count). The van der Waals surface area contributed by atoms with Crippen molar-refractivity contribution in [3.05, 3.63) is 0 Å². The summed E-state index contributed by atoms with van der Waals surface area (Å²) < 4.78 is 0.868. The van der Waals surface area contributed by atoms with Gasteiger partial charge in [-0.25, -0.2) is 0 Å². The Bertz CT molecular complexity index is 166. The number of halogens is 1. The van der Waals surface area contributed by atoms with Crippen molar-refractivity contribution in [1.82, 2.24) is 0 Å². The van der Waals surface area contributed by atoms with Gasteiger partial charge >= 0.3 is 0 Å². The Labute approximate surface area is 85.2 Å². The Balaban J connectivity index is 0.000001000. The lowest BCUT2D eigenvalue weighted by Gasteiger charge is -2.46. The maximum Gasteiger partial charge on any atom is 0.156 e. The van der Waals surface area contributed by atoms with Gasteiger partial charge in [0.1, 0.15) is 6.54 Å². The molecular weight excluding hydrogens is 253 g/mol. The van der Waals surface area contributed by atoms with Crippen LogP contribution in [0.5, 0.6) is 0 Å². The molecule has 0 spiro atoms. The number of nitrogens with zero attached hydrogens (tertiary/aromatic N) is 1. The molecule has 1 aliphatic rings. The Kier molecular flexibility index (Phi) is 4.37. The molecule has 0 saturated carbocycles. The Hall–Kier alpha value is 0.210. The summed E-state index contributed by atoms with van der Waals surface area (Å²) in [6, 6.07) is 0.354. The van der Waals surface area contributed by atoms with E-state index >= 15 is 0 Å². The van der Waals surface area contributed by atoms with Crippen LogP contribution in [0, 0.1) is 12.3 Å². The molecule has 2 atom stereocenters. The fraction of sp³-hybridized carbons (Fsp3) is 0.750. The molecule has 1 unspecified atom stereocenters. The van der Waals surface area contributed by atoms with Gasteiger partial charge in [0.05, 0.1) is 26.6 Å². The zero-order valence-electron chi connectivity index (χ0n) is 6.76. The Morgan fingerprint density at radius 3 is 2.64 bits per heavy atom. The molecule has 0 aromatic heterocycles. The van der Waals surface area contributed by atoms with Gasteiger partial charge in [0.15, 0.2) is 6.04 Å². The average molecular weight is 267 g/mol. The lowest BCUT2D eigenvalue weighted by molar-refractivity contribution is -0.964. The highest BCUT2D eigenvalue weighted by atomic mass is 127. The minimum Gasteiger partial charge on any atom is -1.00 e. The van der Waals surface area contributed by atoms with Crippen LogP contribution in [0.4, 0.5) is 0 Å². The standard InChI is InChI=1S/C8H14NO.HI/c1-3-8-4-5-9(8,2)6-7-10;/h1,8,10H,4-7H2,2H3;1H/q+1;/p-1/t8-,9?;/m1./s1. The molecule has 0 aromatic carbocycles. The van der Waals surface area contributed by atoms with E-state index in [2.05, 4.69) is 13.0 Å². The third kappa shape index (κ3) is 2.08. The van der Waals surface area contributed by atoms with Crippen molar-refractivity contribution in [1.29, 1.82) is 0 Å². The van der Waals surface area contributed by atoms with E-state index in [1.165, 1.54) is 0 Å². The first-order valence-electron chi connectivity index (χ1n) is 3.64. The van der Waals surface area contributed by atoms with Crippen molar-refractivity contribution >= 4 is 0 Å². The van der Waals surface area contributed by atoms with Gasteiger partial charge in [0.25, 0.3) is 0 Å². The predicted molar refractivity (Wildman–Crippen MR) is 40.2 cm³/mol. The summed E-state index contributed by atoms with van der Waals surface area (Å²) in [5.41, 5.74) is 0. The van der Waals surface area contributed by atoms with Crippen LogP contribution in [0.2, 0.25) is 0 Å². The summed E-state index contributed by atoms with van der Waals surface area (Å²) in [4.78, 5) is 0. The third-order valence-corrected chi connectivity index (χ3v) is 2.47. The van der Waals surface area contributed by atoms with Crippen LogP contribution in [0.25, 0.3) is 0 Å². The first kappa shape index (κ1) is 11.2. The van der Waals surface area contributed by atoms with Gasteiger partial charge in [-0.1, -0.05) is 0 Å². The van der Waals surface area contributed by atoms with E-state index in [1.807, 2.05) is 0 Å². The molecule has 1 heterocycles. The molecule has 0 amide bonds. The van der Waals surface area contributed by atoms with Crippen LogP contribution >= 0.6 is 0 Å². The Morgan fingerprint density at radius 1 is 1.73 bits per heavy atom. The minimum atomic E-state index is 0. The van der Waals surface area contributed by atoms with Gasteiger partial charge in [0.2, 0.25) is 0 Å². The van der Waals surface area contributed by atoms with Gasteiger partial charge in [-0.05, 0) is 5.92 Å². The zero-order valence-corrected chi connectivity index (χ0v) is 8.91. The molecule has 11 heavy (non-hydrogen) atoms. The first-order valence-corrected chi connectivity index (χ1v) is 3.64. The van der Waals surface area contributed by atoms with Crippen molar-refractivity contribution < 1.29 is 33.6 Å². The predicted octanol–water partition coefficient (Wildman–Crippen LogP) is -3.17.